The lowest BCUT2D eigenvalue weighted by molar-refractivity contribution is -0.143. The molecule has 0 radical (unpaired) electrons. The second-order valence-corrected chi connectivity index (χ2v) is 3.84. The molecule has 4 heteroatoms. The Morgan fingerprint density at radius 1 is 1.47 bits per heavy atom. The van der Waals surface area contributed by atoms with Gasteiger partial charge in [-0.3, -0.25) is 4.79 Å². The van der Waals surface area contributed by atoms with Crippen molar-refractivity contribution in [2.24, 2.45) is 0 Å². The van der Waals surface area contributed by atoms with Gasteiger partial charge >= 0.3 is 5.97 Å². The van der Waals surface area contributed by atoms with Crippen LogP contribution in [0.4, 0.5) is 0 Å². The van der Waals surface area contributed by atoms with Crippen LogP contribution < -0.4 is 5.32 Å². The summed E-state index contributed by atoms with van der Waals surface area (Å²) in [6, 6.07) is 7.34. The first-order valence-corrected chi connectivity index (χ1v) is 5.71. The minimum Gasteiger partial charge on any atom is -0.468 e. The Balaban J connectivity index is 2.56. The zero-order valence-electron chi connectivity index (χ0n) is 10.3. The Morgan fingerprint density at radius 3 is 2.76 bits per heavy atom. The molecule has 0 aliphatic carbocycles. The first-order chi connectivity index (χ1) is 8.21. The fraction of sp³-hybridized carbons (Fsp3) is 0.462. The summed E-state index contributed by atoms with van der Waals surface area (Å²) in [5, 5.41) is 12.1. The van der Waals surface area contributed by atoms with Crippen LogP contribution in [0.2, 0.25) is 0 Å². The van der Waals surface area contributed by atoms with Crippen LogP contribution in [0, 0.1) is 0 Å². The van der Waals surface area contributed by atoms with Gasteiger partial charge < -0.3 is 15.2 Å². The quantitative estimate of drug-likeness (QED) is 0.730. The van der Waals surface area contributed by atoms with Gasteiger partial charge in [-0.05, 0) is 17.5 Å². The van der Waals surface area contributed by atoms with Crippen LogP contribution >= 0.6 is 0 Å². The average molecular weight is 237 g/mol. The van der Waals surface area contributed by atoms with Gasteiger partial charge in [0.05, 0.1) is 13.7 Å². The Morgan fingerprint density at radius 2 is 2.18 bits per heavy atom. The van der Waals surface area contributed by atoms with Gasteiger partial charge in [0, 0.05) is 6.54 Å². The smallest absolute Gasteiger partial charge is 0.322 e. The van der Waals surface area contributed by atoms with E-state index in [1.165, 1.54) is 7.11 Å². The molecule has 0 saturated heterocycles. The Bertz CT molecular complexity index is 365. The molecule has 0 amide bonds. The Labute approximate surface area is 102 Å². The lowest BCUT2D eigenvalue weighted by Gasteiger charge is -2.14. The Hall–Kier alpha value is -1.39. The van der Waals surface area contributed by atoms with E-state index in [9.17, 15) is 4.79 Å². The standard InChI is InChI=1S/C13H19NO3/c1-3-12(13(16)17-2)14-8-10-5-4-6-11(7-10)9-15/h4-7,12,14-15H,3,8-9H2,1-2H3. The number of esters is 1. The molecule has 1 rings (SSSR count). The van der Waals surface area contributed by atoms with E-state index in [2.05, 4.69) is 5.32 Å². The van der Waals surface area contributed by atoms with E-state index in [4.69, 9.17) is 9.84 Å². The van der Waals surface area contributed by atoms with E-state index in [-0.39, 0.29) is 18.6 Å². The molecule has 17 heavy (non-hydrogen) atoms. The summed E-state index contributed by atoms with van der Waals surface area (Å²) < 4.78 is 4.70. The normalized spacial score (nSPS) is 12.2. The molecule has 0 heterocycles. The van der Waals surface area contributed by atoms with Crippen LogP contribution in [-0.4, -0.2) is 24.2 Å². The molecule has 94 valence electrons. The molecule has 2 N–H and O–H groups in total. The van der Waals surface area contributed by atoms with E-state index in [1.54, 1.807) is 0 Å². The van der Waals surface area contributed by atoms with Gasteiger partial charge in [-0.15, -0.1) is 0 Å². The van der Waals surface area contributed by atoms with Gasteiger partial charge in [-0.2, -0.15) is 0 Å². The molecular weight excluding hydrogens is 218 g/mol. The molecule has 0 saturated carbocycles. The number of aliphatic hydroxyl groups is 1. The fourth-order valence-corrected chi connectivity index (χ4v) is 1.62. The van der Waals surface area contributed by atoms with E-state index in [1.807, 2.05) is 31.2 Å². The number of methoxy groups -OCH3 is 1. The third kappa shape index (κ3) is 4.17. The van der Waals surface area contributed by atoms with Gasteiger partial charge in [-0.1, -0.05) is 31.2 Å². The van der Waals surface area contributed by atoms with Crippen molar-refractivity contribution >= 4 is 5.97 Å². The second kappa shape index (κ2) is 7.04. The molecule has 1 unspecified atom stereocenters. The summed E-state index contributed by atoms with van der Waals surface area (Å²) >= 11 is 0. The second-order valence-electron chi connectivity index (χ2n) is 3.84. The number of hydrogen-bond acceptors (Lipinski definition) is 4. The summed E-state index contributed by atoms with van der Waals surface area (Å²) in [6.07, 6.45) is 0.687. The zero-order valence-corrected chi connectivity index (χ0v) is 10.3. The van der Waals surface area contributed by atoms with Crippen LogP contribution in [0.25, 0.3) is 0 Å². The maximum absolute atomic E-state index is 11.4. The van der Waals surface area contributed by atoms with Gasteiger partial charge in [0.1, 0.15) is 6.04 Å². The molecular formula is C13H19NO3. The fourth-order valence-electron chi connectivity index (χ4n) is 1.62. The van der Waals surface area contributed by atoms with E-state index < -0.39 is 0 Å². The van der Waals surface area contributed by atoms with Crippen molar-refractivity contribution in [1.82, 2.24) is 5.32 Å². The highest BCUT2D eigenvalue weighted by Crippen LogP contribution is 2.06. The number of carbonyl (C=O) groups excluding carboxylic acids is 1. The molecule has 1 aromatic rings. The van der Waals surface area contributed by atoms with Crippen molar-refractivity contribution in [3.63, 3.8) is 0 Å². The largest absolute Gasteiger partial charge is 0.468 e. The number of benzene rings is 1. The highest BCUT2D eigenvalue weighted by atomic mass is 16.5. The van der Waals surface area contributed by atoms with Crippen molar-refractivity contribution < 1.29 is 14.6 Å². The molecule has 0 fully saturated rings. The van der Waals surface area contributed by atoms with E-state index in [0.717, 1.165) is 11.1 Å². The van der Waals surface area contributed by atoms with Crippen LogP contribution in [0.15, 0.2) is 24.3 Å². The number of rotatable bonds is 6. The Kier molecular flexibility index (Phi) is 5.66. The highest BCUT2D eigenvalue weighted by molar-refractivity contribution is 5.75. The molecule has 0 aliphatic rings. The number of ether oxygens (including phenoxy) is 1. The number of carbonyl (C=O) groups is 1. The predicted molar refractivity (Wildman–Crippen MR) is 65.3 cm³/mol. The van der Waals surface area contributed by atoms with Crippen molar-refractivity contribution in [1.29, 1.82) is 0 Å². The summed E-state index contributed by atoms with van der Waals surface area (Å²) in [6.45, 7) is 2.54. The summed E-state index contributed by atoms with van der Waals surface area (Å²) in [5.41, 5.74) is 1.91. The molecule has 1 atom stereocenters. The van der Waals surface area contributed by atoms with E-state index >= 15 is 0 Å². The third-order valence-corrected chi connectivity index (χ3v) is 2.62. The lowest BCUT2D eigenvalue weighted by Crippen LogP contribution is -2.36. The number of aliphatic hydroxyl groups excluding tert-OH is 1. The minimum absolute atomic E-state index is 0.0298. The molecule has 0 bridgehead atoms. The summed E-state index contributed by atoms with van der Waals surface area (Å²) in [7, 11) is 1.39. The lowest BCUT2D eigenvalue weighted by atomic mass is 10.1. The monoisotopic (exact) mass is 237 g/mol. The summed E-state index contributed by atoms with van der Waals surface area (Å²) in [5.74, 6) is -0.245. The van der Waals surface area contributed by atoms with Crippen LogP contribution in [-0.2, 0) is 22.7 Å². The maximum atomic E-state index is 11.4. The van der Waals surface area contributed by atoms with Crippen molar-refractivity contribution in [2.45, 2.75) is 32.5 Å². The van der Waals surface area contributed by atoms with Crippen molar-refractivity contribution in [2.75, 3.05) is 7.11 Å². The SMILES string of the molecule is CCC(NCc1cccc(CO)c1)C(=O)OC. The number of nitrogens with one attached hydrogen (secondary N) is 1. The highest BCUT2D eigenvalue weighted by Gasteiger charge is 2.15. The van der Waals surface area contributed by atoms with Crippen LogP contribution in [0.1, 0.15) is 24.5 Å². The van der Waals surface area contributed by atoms with E-state index in [0.29, 0.717) is 13.0 Å². The molecule has 0 aliphatic heterocycles. The molecule has 1 aromatic carbocycles. The van der Waals surface area contributed by atoms with Gasteiger partial charge in [0.2, 0.25) is 0 Å². The number of hydrogen-bond donors (Lipinski definition) is 2. The molecule has 0 spiro atoms. The van der Waals surface area contributed by atoms with Crippen molar-refractivity contribution in [3.8, 4) is 0 Å². The van der Waals surface area contributed by atoms with Gasteiger partial charge in [0.15, 0.2) is 0 Å². The van der Waals surface area contributed by atoms with Gasteiger partial charge in [0.25, 0.3) is 0 Å². The van der Waals surface area contributed by atoms with Crippen LogP contribution in [0.5, 0.6) is 0 Å². The first-order valence-electron chi connectivity index (χ1n) is 5.71. The summed E-state index contributed by atoms with van der Waals surface area (Å²) in [4.78, 5) is 11.4. The topological polar surface area (TPSA) is 58.6 Å². The van der Waals surface area contributed by atoms with Gasteiger partial charge in [-0.25, -0.2) is 0 Å². The first kappa shape index (κ1) is 13.7. The average Bonchev–Trinajstić information content (AvgIpc) is 2.39. The minimum atomic E-state index is -0.280. The van der Waals surface area contributed by atoms with Crippen LogP contribution in [0.3, 0.4) is 0 Å². The molecule has 4 nitrogen and oxygen atoms in total. The molecule has 0 aromatic heterocycles. The maximum Gasteiger partial charge on any atom is 0.322 e. The third-order valence-electron chi connectivity index (χ3n) is 2.62. The zero-order chi connectivity index (χ0) is 12.7. The predicted octanol–water partition coefficient (Wildman–Crippen LogP) is 1.22. The van der Waals surface area contributed by atoms with Crippen molar-refractivity contribution in [3.05, 3.63) is 35.4 Å².